The fourth-order valence-corrected chi connectivity index (χ4v) is 3.67. The molecule has 2 aromatic rings. The summed E-state index contributed by atoms with van der Waals surface area (Å²) in [6.45, 7) is 6.93. The lowest BCUT2D eigenvalue weighted by Crippen LogP contribution is -2.47. The molecule has 2 amide bonds. The van der Waals surface area contributed by atoms with Crippen LogP contribution >= 0.6 is 0 Å². The van der Waals surface area contributed by atoms with E-state index in [2.05, 4.69) is 22.4 Å². The average molecular weight is 386 g/mol. The monoisotopic (exact) mass is 385 g/mol. The summed E-state index contributed by atoms with van der Waals surface area (Å²) >= 11 is 0. The molecule has 0 radical (unpaired) electrons. The van der Waals surface area contributed by atoms with Crippen LogP contribution in [-0.2, 0) is 16.0 Å². The lowest BCUT2D eigenvalue weighted by molar-refractivity contribution is -0.132. The highest BCUT2D eigenvalue weighted by molar-refractivity contribution is 5.83. The summed E-state index contributed by atoms with van der Waals surface area (Å²) in [6.07, 6.45) is 5.51. The number of rotatable bonds is 5. The van der Waals surface area contributed by atoms with E-state index in [1.54, 1.807) is 0 Å². The second kappa shape index (κ2) is 8.67. The Balaban J connectivity index is 1.39. The molecule has 1 aliphatic heterocycles. The van der Waals surface area contributed by atoms with Gasteiger partial charge in [-0.2, -0.15) is 0 Å². The number of aromatic amines is 1. The van der Waals surface area contributed by atoms with Crippen molar-refractivity contribution in [2.75, 3.05) is 13.1 Å². The number of carbonyl (C=O) groups excluding carboxylic acids is 2. The summed E-state index contributed by atoms with van der Waals surface area (Å²) in [7, 11) is 0. The molecule has 1 fully saturated rings. The first kappa shape index (κ1) is 20.2. The summed E-state index contributed by atoms with van der Waals surface area (Å²) in [5.41, 5.74) is 1.91. The van der Waals surface area contributed by atoms with Crippen molar-refractivity contribution in [3.63, 3.8) is 0 Å². The van der Waals surface area contributed by atoms with Gasteiger partial charge in [-0.05, 0) is 58.1 Å². The summed E-state index contributed by atoms with van der Waals surface area (Å²) in [5, 5.41) is 4.15. The summed E-state index contributed by atoms with van der Waals surface area (Å²) in [4.78, 5) is 29.6. The van der Waals surface area contributed by atoms with E-state index in [0.717, 1.165) is 31.2 Å². The van der Waals surface area contributed by atoms with Gasteiger partial charge >= 0.3 is 6.09 Å². The predicted octanol–water partition coefficient (Wildman–Crippen LogP) is 4.01. The number of benzene rings is 1. The largest absolute Gasteiger partial charge is 0.444 e. The molecule has 0 atom stereocenters. The van der Waals surface area contributed by atoms with E-state index in [9.17, 15) is 9.59 Å². The van der Waals surface area contributed by atoms with Crippen LogP contribution in [0, 0.1) is 0 Å². The molecule has 6 heteroatoms. The van der Waals surface area contributed by atoms with Crippen LogP contribution in [0.2, 0.25) is 0 Å². The van der Waals surface area contributed by atoms with Crippen molar-refractivity contribution in [2.24, 2.45) is 0 Å². The number of amides is 2. The van der Waals surface area contributed by atoms with Gasteiger partial charge in [-0.3, -0.25) is 4.79 Å². The molecule has 0 aliphatic carbocycles. The standard InChI is InChI=1S/C22H31N3O3/c1-22(2,3)28-21(27)24-17-11-13-25(14-12-17)20(26)10-6-7-16-15-23-19-9-5-4-8-18(16)19/h4-5,8-9,15,17,23H,6-7,10-14H2,1-3H3,(H,24,27). The molecular weight excluding hydrogens is 354 g/mol. The van der Waals surface area contributed by atoms with Crippen molar-refractivity contribution in [3.8, 4) is 0 Å². The van der Waals surface area contributed by atoms with E-state index in [1.165, 1.54) is 10.9 Å². The lowest BCUT2D eigenvalue weighted by atomic mass is 10.0. The van der Waals surface area contributed by atoms with Gasteiger partial charge in [0, 0.05) is 42.7 Å². The number of para-hydroxylation sites is 1. The molecule has 1 aliphatic rings. The number of piperidine rings is 1. The highest BCUT2D eigenvalue weighted by Gasteiger charge is 2.25. The third kappa shape index (κ3) is 5.50. The fraction of sp³-hybridized carbons (Fsp3) is 0.545. The molecule has 0 spiro atoms. The first-order chi connectivity index (χ1) is 13.3. The Morgan fingerprint density at radius 3 is 2.64 bits per heavy atom. The van der Waals surface area contributed by atoms with Crippen molar-refractivity contribution >= 4 is 22.9 Å². The van der Waals surface area contributed by atoms with E-state index in [1.807, 2.05) is 44.0 Å². The van der Waals surface area contributed by atoms with Crippen molar-refractivity contribution in [1.29, 1.82) is 0 Å². The number of H-pyrrole nitrogens is 1. The Labute approximate surface area is 166 Å². The second-order valence-electron chi connectivity index (χ2n) is 8.51. The first-order valence-corrected chi connectivity index (χ1v) is 10.1. The summed E-state index contributed by atoms with van der Waals surface area (Å²) in [6, 6.07) is 8.32. The maximum absolute atomic E-state index is 12.5. The quantitative estimate of drug-likeness (QED) is 0.817. The highest BCUT2D eigenvalue weighted by atomic mass is 16.6. The second-order valence-corrected chi connectivity index (χ2v) is 8.51. The zero-order valence-electron chi connectivity index (χ0n) is 17.1. The van der Waals surface area contributed by atoms with Crippen molar-refractivity contribution < 1.29 is 14.3 Å². The number of hydrogen-bond donors (Lipinski definition) is 2. The molecule has 6 nitrogen and oxygen atoms in total. The van der Waals surface area contributed by atoms with Crippen molar-refractivity contribution in [3.05, 3.63) is 36.0 Å². The Bertz CT molecular complexity index is 814. The Morgan fingerprint density at radius 2 is 1.93 bits per heavy atom. The molecule has 1 aromatic heterocycles. The topological polar surface area (TPSA) is 74.4 Å². The molecule has 2 heterocycles. The predicted molar refractivity (Wildman–Crippen MR) is 110 cm³/mol. The van der Waals surface area contributed by atoms with E-state index in [4.69, 9.17) is 4.74 Å². The summed E-state index contributed by atoms with van der Waals surface area (Å²) < 4.78 is 5.30. The van der Waals surface area contributed by atoms with Gasteiger partial charge in [-0.15, -0.1) is 0 Å². The zero-order valence-corrected chi connectivity index (χ0v) is 17.1. The fourth-order valence-electron chi connectivity index (χ4n) is 3.67. The Morgan fingerprint density at radius 1 is 1.21 bits per heavy atom. The van der Waals surface area contributed by atoms with Gasteiger partial charge < -0.3 is 19.9 Å². The number of ether oxygens (including phenoxy) is 1. The maximum Gasteiger partial charge on any atom is 0.407 e. The zero-order chi connectivity index (χ0) is 20.1. The third-order valence-electron chi connectivity index (χ3n) is 5.08. The molecule has 2 N–H and O–H groups in total. The number of aromatic nitrogens is 1. The number of hydrogen-bond acceptors (Lipinski definition) is 3. The Hall–Kier alpha value is -2.50. The molecule has 3 rings (SSSR count). The molecule has 1 saturated heterocycles. The summed E-state index contributed by atoms with van der Waals surface area (Å²) in [5.74, 6) is 0.204. The van der Waals surface area contributed by atoms with Crippen LogP contribution in [0.4, 0.5) is 4.79 Å². The molecule has 1 aromatic carbocycles. The molecule has 0 bridgehead atoms. The number of nitrogens with zero attached hydrogens (tertiary/aromatic N) is 1. The number of nitrogens with one attached hydrogen (secondary N) is 2. The van der Waals surface area contributed by atoms with Gasteiger partial charge in [-0.1, -0.05) is 18.2 Å². The molecule has 0 unspecified atom stereocenters. The van der Waals surface area contributed by atoms with Gasteiger partial charge in [-0.25, -0.2) is 4.79 Å². The minimum atomic E-state index is -0.495. The van der Waals surface area contributed by atoms with Crippen LogP contribution in [0.1, 0.15) is 52.0 Å². The van der Waals surface area contributed by atoms with Gasteiger partial charge in [0.2, 0.25) is 5.91 Å². The minimum Gasteiger partial charge on any atom is -0.444 e. The smallest absolute Gasteiger partial charge is 0.407 e. The third-order valence-corrected chi connectivity index (χ3v) is 5.08. The van der Waals surface area contributed by atoms with Crippen LogP contribution in [0.25, 0.3) is 10.9 Å². The minimum absolute atomic E-state index is 0.0742. The Kier molecular flexibility index (Phi) is 6.27. The average Bonchev–Trinajstić information content (AvgIpc) is 3.04. The number of likely N-dealkylation sites (tertiary alicyclic amines) is 1. The number of aryl methyl sites for hydroxylation is 1. The number of carbonyl (C=O) groups is 2. The van der Waals surface area contributed by atoms with Gasteiger partial charge in [0.05, 0.1) is 0 Å². The van der Waals surface area contributed by atoms with Crippen LogP contribution < -0.4 is 5.32 Å². The van der Waals surface area contributed by atoms with Gasteiger partial charge in [0.1, 0.15) is 5.60 Å². The molecule has 0 saturated carbocycles. The van der Waals surface area contributed by atoms with E-state index >= 15 is 0 Å². The normalized spacial score (nSPS) is 15.6. The van der Waals surface area contributed by atoms with Crippen LogP contribution in [0.15, 0.2) is 30.5 Å². The first-order valence-electron chi connectivity index (χ1n) is 10.1. The molecule has 152 valence electrons. The lowest BCUT2D eigenvalue weighted by Gasteiger charge is -2.33. The van der Waals surface area contributed by atoms with Crippen LogP contribution in [0.5, 0.6) is 0 Å². The maximum atomic E-state index is 12.5. The van der Waals surface area contributed by atoms with Gasteiger partial charge in [0.25, 0.3) is 0 Å². The van der Waals surface area contributed by atoms with E-state index in [0.29, 0.717) is 19.5 Å². The SMILES string of the molecule is CC(C)(C)OC(=O)NC1CCN(C(=O)CCCc2c[nH]c3ccccc23)CC1. The molecule has 28 heavy (non-hydrogen) atoms. The van der Waals surface area contributed by atoms with Crippen LogP contribution in [0.3, 0.4) is 0 Å². The molecular formula is C22H31N3O3. The van der Waals surface area contributed by atoms with Crippen molar-refractivity contribution in [2.45, 2.75) is 64.5 Å². The number of fused-ring (bicyclic) bond motifs is 1. The van der Waals surface area contributed by atoms with E-state index in [-0.39, 0.29) is 18.0 Å². The van der Waals surface area contributed by atoms with Crippen LogP contribution in [-0.4, -0.2) is 46.6 Å². The highest BCUT2D eigenvalue weighted by Crippen LogP contribution is 2.20. The van der Waals surface area contributed by atoms with E-state index < -0.39 is 5.60 Å². The number of alkyl carbamates (subject to hydrolysis) is 1. The van der Waals surface area contributed by atoms with Gasteiger partial charge in [0.15, 0.2) is 0 Å². The van der Waals surface area contributed by atoms with Crippen molar-refractivity contribution in [1.82, 2.24) is 15.2 Å².